The van der Waals surface area contributed by atoms with E-state index in [1.807, 2.05) is 72.8 Å². The maximum atomic E-state index is 12.9. The van der Waals surface area contributed by atoms with Crippen molar-refractivity contribution in [2.24, 2.45) is 0 Å². The van der Waals surface area contributed by atoms with Gasteiger partial charge < -0.3 is 9.52 Å². The number of phenols is 1. The van der Waals surface area contributed by atoms with Gasteiger partial charge in [-0.05, 0) is 17.0 Å². The summed E-state index contributed by atoms with van der Waals surface area (Å²) in [6, 6.07) is 24.6. The number of benzene rings is 4. The standard InChI is InChI=1S/C23H14O3/c24-22-16-11-5-4-10-15(16)19(14-8-2-1-3-9-14)21-20(22)17-12-6-7-13-18(17)26-23(21)25/h1-13,24H. The van der Waals surface area contributed by atoms with Crippen molar-refractivity contribution in [3.63, 3.8) is 0 Å². The predicted octanol–water partition coefficient (Wildman–Crippen LogP) is 5.47. The summed E-state index contributed by atoms with van der Waals surface area (Å²) in [5, 5.41) is 14.2. The van der Waals surface area contributed by atoms with Crippen LogP contribution in [0.25, 0.3) is 43.6 Å². The van der Waals surface area contributed by atoms with Gasteiger partial charge in [-0.15, -0.1) is 0 Å². The molecule has 0 radical (unpaired) electrons. The minimum Gasteiger partial charge on any atom is -0.507 e. The second-order valence-electron chi connectivity index (χ2n) is 6.27. The van der Waals surface area contributed by atoms with E-state index < -0.39 is 5.63 Å². The minimum absolute atomic E-state index is 0.111. The van der Waals surface area contributed by atoms with E-state index in [0.29, 0.717) is 16.4 Å². The van der Waals surface area contributed by atoms with Gasteiger partial charge >= 0.3 is 5.63 Å². The molecule has 0 amide bonds. The molecular formula is C23H14O3. The lowest BCUT2D eigenvalue weighted by atomic mass is 9.91. The molecule has 3 nitrogen and oxygen atoms in total. The molecule has 124 valence electrons. The Morgan fingerprint density at radius 3 is 2.04 bits per heavy atom. The zero-order valence-electron chi connectivity index (χ0n) is 13.8. The average Bonchev–Trinajstić information content (AvgIpc) is 2.69. The van der Waals surface area contributed by atoms with Crippen molar-refractivity contribution in [2.75, 3.05) is 0 Å². The van der Waals surface area contributed by atoms with Crippen LogP contribution in [-0.2, 0) is 0 Å². The number of hydrogen-bond acceptors (Lipinski definition) is 3. The molecule has 1 N–H and O–H groups in total. The third-order valence-corrected chi connectivity index (χ3v) is 4.81. The predicted molar refractivity (Wildman–Crippen MR) is 105 cm³/mol. The summed E-state index contributed by atoms with van der Waals surface area (Å²) in [5.74, 6) is 0.111. The normalized spacial score (nSPS) is 11.4. The third kappa shape index (κ3) is 1.97. The average molecular weight is 338 g/mol. The molecule has 0 aliphatic rings. The van der Waals surface area contributed by atoms with E-state index in [4.69, 9.17) is 4.42 Å². The Kier molecular flexibility index (Phi) is 3.09. The Balaban J connectivity index is 2.17. The van der Waals surface area contributed by atoms with E-state index in [0.717, 1.165) is 27.3 Å². The van der Waals surface area contributed by atoms with Gasteiger partial charge in [0.05, 0.1) is 5.39 Å². The smallest absolute Gasteiger partial charge is 0.344 e. The van der Waals surface area contributed by atoms with Crippen LogP contribution in [0.4, 0.5) is 0 Å². The molecule has 26 heavy (non-hydrogen) atoms. The Morgan fingerprint density at radius 1 is 0.654 bits per heavy atom. The Hall–Kier alpha value is -3.59. The molecule has 0 spiro atoms. The van der Waals surface area contributed by atoms with Gasteiger partial charge in [0.25, 0.3) is 0 Å². The Labute approximate surface area is 148 Å². The van der Waals surface area contributed by atoms with Crippen LogP contribution in [-0.4, -0.2) is 5.11 Å². The number of hydrogen-bond donors (Lipinski definition) is 1. The number of phenolic OH excluding ortho intramolecular Hbond substituents is 1. The second-order valence-corrected chi connectivity index (χ2v) is 6.27. The van der Waals surface area contributed by atoms with Crippen LogP contribution in [0.2, 0.25) is 0 Å². The van der Waals surface area contributed by atoms with Gasteiger partial charge in [0.2, 0.25) is 0 Å². The summed E-state index contributed by atoms with van der Waals surface area (Å²) in [6.45, 7) is 0. The van der Waals surface area contributed by atoms with Gasteiger partial charge in [0.15, 0.2) is 0 Å². The second kappa shape index (κ2) is 5.46. The van der Waals surface area contributed by atoms with Crippen LogP contribution < -0.4 is 5.63 Å². The first-order valence-corrected chi connectivity index (χ1v) is 8.40. The van der Waals surface area contributed by atoms with Crippen molar-refractivity contribution in [1.29, 1.82) is 0 Å². The van der Waals surface area contributed by atoms with Crippen molar-refractivity contribution in [2.45, 2.75) is 0 Å². The quantitative estimate of drug-likeness (QED) is 0.250. The fourth-order valence-electron chi connectivity index (χ4n) is 3.70. The largest absolute Gasteiger partial charge is 0.507 e. The van der Waals surface area contributed by atoms with Crippen molar-refractivity contribution in [3.8, 4) is 16.9 Å². The lowest BCUT2D eigenvalue weighted by Crippen LogP contribution is -2.03. The molecule has 0 atom stereocenters. The summed E-state index contributed by atoms with van der Waals surface area (Å²) < 4.78 is 5.57. The molecule has 0 fully saturated rings. The summed E-state index contributed by atoms with van der Waals surface area (Å²) in [5.41, 5.74) is 1.72. The minimum atomic E-state index is -0.446. The van der Waals surface area contributed by atoms with Crippen LogP contribution in [0, 0.1) is 0 Å². The summed E-state index contributed by atoms with van der Waals surface area (Å²) in [6.07, 6.45) is 0. The SMILES string of the molecule is O=c1oc2ccccc2c2c(O)c3ccccc3c(-c3ccccc3)c12. The van der Waals surface area contributed by atoms with Crippen molar-refractivity contribution >= 4 is 32.5 Å². The number of aromatic hydroxyl groups is 1. The summed E-state index contributed by atoms with van der Waals surface area (Å²) in [4.78, 5) is 12.9. The Bertz CT molecular complexity index is 1350. The van der Waals surface area contributed by atoms with Gasteiger partial charge in [-0.2, -0.15) is 0 Å². The van der Waals surface area contributed by atoms with Gasteiger partial charge in [-0.3, -0.25) is 0 Å². The van der Waals surface area contributed by atoms with E-state index in [1.54, 1.807) is 6.07 Å². The summed E-state index contributed by atoms with van der Waals surface area (Å²) in [7, 11) is 0. The van der Waals surface area contributed by atoms with E-state index in [2.05, 4.69) is 0 Å². The van der Waals surface area contributed by atoms with Crippen molar-refractivity contribution in [1.82, 2.24) is 0 Å². The molecule has 0 unspecified atom stereocenters. The van der Waals surface area contributed by atoms with Gasteiger partial charge in [-0.1, -0.05) is 72.8 Å². The highest BCUT2D eigenvalue weighted by Gasteiger charge is 2.20. The number of para-hydroxylation sites is 1. The molecule has 0 bridgehead atoms. The monoisotopic (exact) mass is 338 g/mol. The van der Waals surface area contributed by atoms with Crippen molar-refractivity contribution in [3.05, 3.63) is 89.3 Å². The third-order valence-electron chi connectivity index (χ3n) is 4.81. The first-order valence-electron chi connectivity index (χ1n) is 8.40. The zero-order chi connectivity index (χ0) is 17.7. The van der Waals surface area contributed by atoms with Crippen LogP contribution in [0.15, 0.2) is 88.1 Å². The molecule has 4 aromatic carbocycles. The maximum Gasteiger partial charge on any atom is 0.344 e. The number of fused-ring (bicyclic) bond motifs is 4. The van der Waals surface area contributed by atoms with E-state index in [9.17, 15) is 9.90 Å². The molecule has 0 saturated carbocycles. The Morgan fingerprint density at radius 2 is 1.27 bits per heavy atom. The molecule has 5 aromatic rings. The molecule has 3 heteroatoms. The van der Waals surface area contributed by atoms with Gasteiger partial charge in [0.1, 0.15) is 11.3 Å². The summed E-state index contributed by atoms with van der Waals surface area (Å²) >= 11 is 0. The highest BCUT2D eigenvalue weighted by Crippen LogP contribution is 2.43. The highest BCUT2D eigenvalue weighted by atomic mass is 16.4. The van der Waals surface area contributed by atoms with Crippen LogP contribution in [0.5, 0.6) is 5.75 Å². The zero-order valence-corrected chi connectivity index (χ0v) is 13.8. The lowest BCUT2D eigenvalue weighted by Gasteiger charge is -2.14. The van der Waals surface area contributed by atoms with E-state index in [-0.39, 0.29) is 5.75 Å². The molecule has 5 rings (SSSR count). The fraction of sp³-hybridized carbons (Fsp3) is 0. The maximum absolute atomic E-state index is 12.9. The molecule has 0 aliphatic heterocycles. The fourth-order valence-corrected chi connectivity index (χ4v) is 3.70. The van der Waals surface area contributed by atoms with Gasteiger partial charge in [0, 0.05) is 21.7 Å². The molecular weight excluding hydrogens is 324 g/mol. The van der Waals surface area contributed by atoms with Crippen molar-refractivity contribution < 1.29 is 9.52 Å². The molecule has 1 aromatic heterocycles. The van der Waals surface area contributed by atoms with Crippen LogP contribution >= 0.6 is 0 Å². The van der Waals surface area contributed by atoms with E-state index in [1.165, 1.54) is 0 Å². The van der Waals surface area contributed by atoms with Crippen LogP contribution in [0.3, 0.4) is 0 Å². The van der Waals surface area contributed by atoms with Gasteiger partial charge in [-0.25, -0.2) is 4.79 Å². The lowest BCUT2D eigenvalue weighted by molar-refractivity contribution is 0.487. The number of rotatable bonds is 1. The molecule has 0 aliphatic carbocycles. The van der Waals surface area contributed by atoms with E-state index >= 15 is 0 Å². The first kappa shape index (κ1) is 14.7. The molecule has 1 heterocycles. The first-order chi connectivity index (χ1) is 12.8. The topological polar surface area (TPSA) is 50.4 Å². The van der Waals surface area contributed by atoms with Crippen LogP contribution in [0.1, 0.15) is 0 Å². The highest BCUT2D eigenvalue weighted by molar-refractivity contribution is 6.22. The molecule has 0 saturated heterocycles.